The van der Waals surface area contributed by atoms with Crippen LogP contribution in [0.15, 0.2) is 41.3 Å². The van der Waals surface area contributed by atoms with Crippen LogP contribution in [0.2, 0.25) is 0 Å². The van der Waals surface area contributed by atoms with Gasteiger partial charge in [-0.1, -0.05) is 18.2 Å². The van der Waals surface area contributed by atoms with Crippen molar-refractivity contribution in [2.75, 3.05) is 0 Å². The maximum absolute atomic E-state index is 4.42. The lowest BCUT2D eigenvalue weighted by molar-refractivity contribution is 1.17. The van der Waals surface area contributed by atoms with E-state index in [2.05, 4.69) is 56.5 Å². The first kappa shape index (κ1) is 8.92. The molecule has 0 aliphatic rings. The molecule has 3 heteroatoms. The summed E-state index contributed by atoms with van der Waals surface area (Å²) < 4.78 is 3.04. The van der Waals surface area contributed by atoms with Gasteiger partial charge in [0.2, 0.25) is 0 Å². The fraction of sp³-hybridized carbons (Fsp3) is 0.0833. The van der Waals surface area contributed by atoms with Crippen LogP contribution in [0, 0.1) is 6.92 Å². The van der Waals surface area contributed by atoms with Crippen molar-refractivity contribution in [1.29, 1.82) is 0 Å². The minimum Gasteiger partial charge on any atom is -0.294 e. The molecule has 0 aliphatic heterocycles. The van der Waals surface area contributed by atoms with Gasteiger partial charge in [-0.15, -0.1) is 0 Å². The lowest BCUT2D eigenvalue weighted by Crippen LogP contribution is -1.88. The standard InChI is InChI=1S/C12H9BrN2/c1-8-3-2-4-9-5-6-15-10(13)7-14-12(15)11(8)9/h2-7H,1H3. The molecule has 0 fully saturated rings. The topological polar surface area (TPSA) is 17.3 Å². The Morgan fingerprint density at radius 2 is 2.13 bits per heavy atom. The molecule has 0 amide bonds. The van der Waals surface area contributed by atoms with E-state index < -0.39 is 0 Å². The zero-order chi connectivity index (χ0) is 10.4. The van der Waals surface area contributed by atoms with Crippen molar-refractivity contribution in [1.82, 2.24) is 9.38 Å². The Morgan fingerprint density at radius 1 is 1.27 bits per heavy atom. The zero-order valence-electron chi connectivity index (χ0n) is 8.24. The molecule has 0 atom stereocenters. The molecule has 0 spiro atoms. The van der Waals surface area contributed by atoms with E-state index in [9.17, 15) is 0 Å². The molecule has 0 saturated carbocycles. The average molecular weight is 261 g/mol. The second-order valence-corrected chi connectivity index (χ2v) is 4.44. The largest absolute Gasteiger partial charge is 0.294 e. The minimum absolute atomic E-state index is 0.989. The maximum atomic E-state index is 4.42. The van der Waals surface area contributed by atoms with Crippen LogP contribution < -0.4 is 0 Å². The fourth-order valence-electron chi connectivity index (χ4n) is 1.96. The van der Waals surface area contributed by atoms with Gasteiger partial charge in [0, 0.05) is 11.6 Å². The average Bonchev–Trinajstić information content (AvgIpc) is 2.61. The second-order valence-electron chi connectivity index (χ2n) is 3.63. The van der Waals surface area contributed by atoms with Gasteiger partial charge in [0.05, 0.1) is 6.20 Å². The highest BCUT2D eigenvalue weighted by atomic mass is 79.9. The number of benzene rings is 1. The first-order chi connectivity index (χ1) is 7.27. The Kier molecular flexibility index (Phi) is 1.83. The van der Waals surface area contributed by atoms with Gasteiger partial charge >= 0.3 is 0 Å². The lowest BCUT2D eigenvalue weighted by Gasteiger charge is -2.03. The Labute approximate surface area is 95.7 Å². The number of fused-ring (bicyclic) bond motifs is 3. The Bertz CT molecular complexity index is 655. The molecule has 0 aliphatic carbocycles. The highest BCUT2D eigenvalue weighted by molar-refractivity contribution is 9.10. The molecule has 2 heterocycles. The number of halogens is 1. The van der Waals surface area contributed by atoms with Gasteiger partial charge in [-0.25, -0.2) is 4.98 Å². The number of imidazole rings is 1. The van der Waals surface area contributed by atoms with Crippen molar-refractivity contribution in [3.05, 3.63) is 46.8 Å². The molecule has 0 saturated heterocycles. The predicted molar refractivity (Wildman–Crippen MR) is 65.1 cm³/mol. The van der Waals surface area contributed by atoms with Crippen LogP contribution in [0.5, 0.6) is 0 Å². The van der Waals surface area contributed by atoms with Crippen molar-refractivity contribution in [3.8, 4) is 0 Å². The van der Waals surface area contributed by atoms with E-state index >= 15 is 0 Å². The molecule has 0 radical (unpaired) electrons. The van der Waals surface area contributed by atoms with Gasteiger partial charge in [-0.2, -0.15) is 0 Å². The number of hydrogen-bond acceptors (Lipinski definition) is 1. The van der Waals surface area contributed by atoms with Crippen LogP contribution in [0.3, 0.4) is 0 Å². The summed E-state index contributed by atoms with van der Waals surface area (Å²) >= 11 is 3.48. The van der Waals surface area contributed by atoms with Crippen LogP contribution in [0.1, 0.15) is 5.56 Å². The Hall–Kier alpha value is -1.35. The molecular formula is C12H9BrN2. The predicted octanol–water partition coefficient (Wildman–Crippen LogP) is 3.56. The zero-order valence-corrected chi connectivity index (χ0v) is 9.82. The molecular weight excluding hydrogens is 252 g/mol. The summed E-state index contributed by atoms with van der Waals surface area (Å²) in [6.07, 6.45) is 3.87. The van der Waals surface area contributed by atoms with Gasteiger partial charge in [-0.3, -0.25) is 4.40 Å². The van der Waals surface area contributed by atoms with E-state index in [4.69, 9.17) is 0 Å². The molecule has 2 nitrogen and oxygen atoms in total. The molecule has 0 unspecified atom stereocenters. The van der Waals surface area contributed by atoms with Crippen molar-refractivity contribution in [2.24, 2.45) is 0 Å². The van der Waals surface area contributed by atoms with Crippen molar-refractivity contribution in [3.63, 3.8) is 0 Å². The first-order valence-corrected chi connectivity index (χ1v) is 5.57. The van der Waals surface area contributed by atoms with Crippen molar-refractivity contribution in [2.45, 2.75) is 6.92 Å². The molecule has 0 bridgehead atoms. The van der Waals surface area contributed by atoms with Crippen molar-refractivity contribution < 1.29 is 0 Å². The summed E-state index contributed by atoms with van der Waals surface area (Å²) in [4.78, 5) is 4.42. The van der Waals surface area contributed by atoms with Crippen LogP contribution in [-0.2, 0) is 0 Å². The fourth-order valence-corrected chi connectivity index (χ4v) is 2.34. The highest BCUT2D eigenvalue weighted by Crippen LogP contribution is 2.24. The Morgan fingerprint density at radius 3 is 3.00 bits per heavy atom. The van der Waals surface area contributed by atoms with E-state index in [0.29, 0.717) is 0 Å². The third-order valence-corrected chi connectivity index (χ3v) is 3.27. The van der Waals surface area contributed by atoms with E-state index in [0.717, 1.165) is 10.3 Å². The van der Waals surface area contributed by atoms with Crippen LogP contribution in [0.25, 0.3) is 16.4 Å². The van der Waals surface area contributed by atoms with Crippen LogP contribution in [-0.4, -0.2) is 9.38 Å². The normalized spacial score (nSPS) is 11.3. The summed E-state index contributed by atoms with van der Waals surface area (Å²) in [5, 5.41) is 2.46. The number of pyridine rings is 1. The Balaban J connectivity index is 2.64. The van der Waals surface area contributed by atoms with Gasteiger partial charge in [-0.05, 0) is 39.9 Å². The SMILES string of the molecule is Cc1cccc2ccn3c(Br)cnc3c12. The lowest BCUT2D eigenvalue weighted by atomic mass is 10.1. The highest BCUT2D eigenvalue weighted by Gasteiger charge is 2.06. The van der Waals surface area contributed by atoms with Gasteiger partial charge in [0.25, 0.3) is 0 Å². The third-order valence-electron chi connectivity index (χ3n) is 2.68. The molecule has 3 aromatic rings. The first-order valence-electron chi connectivity index (χ1n) is 4.78. The summed E-state index contributed by atoms with van der Waals surface area (Å²) in [5.74, 6) is 0. The molecule has 2 aromatic heterocycles. The van der Waals surface area contributed by atoms with Crippen molar-refractivity contribution >= 4 is 32.3 Å². The van der Waals surface area contributed by atoms with Gasteiger partial charge in [0.15, 0.2) is 0 Å². The molecule has 74 valence electrons. The number of nitrogens with zero attached hydrogens (tertiary/aromatic N) is 2. The minimum atomic E-state index is 0.989. The van der Waals surface area contributed by atoms with E-state index in [1.165, 1.54) is 16.3 Å². The van der Waals surface area contributed by atoms with E-state index in [-0.39, 0.29) is 0 Å². The summed E-state index contributed by atoms with van der Waals surface area (Å²) in [6, 6.07) is 8.42. The molecule has 0 N–H and O–H groups in total. The second kappa shape index (κ2) is 3.07. The number of rotatable bonds is 0. The number of aryl methyl sites for hydroxylation is 1. The summed E-state index contributed by atoms with van der Waals surface area (Å²) in [7, 11) is 0. The maximum Gasteiger partial charge on any atom is 0.145 e. The number of hydrogen-bond donors (Lipinski definition) is 0. The summed E-state index contributed by atoms with van der Waals surface area (Å²) in [6.45, 7) is 2.12. The third kappa shape index (κ3) is 1.20. The van der Waals surface area contributed by atoms with Gasteiger partial charge in [0.1, 0.15) is 10.3 Å². The molecule has 1 aromatic carbocycles. The monoisotopic (exact) mass is 260 g/mol. The van der Waals surface area contributed by atoms with Crippen LogP contribution >= 0.6 is 15.9 Å². The molecule has 15 heavy (non-hydrogen) atoms. The summed E-state index contributed by atoms with van der Waals surface area (Å²) in [5.41, 5.74) is 2.27. The van der Waals surface area contributed by atoms with E-state index in [1.807, 2.05) is 12.4 Å². The molecule has 3 rings (SSSR count). The number of aromatic nitrogens is 2. The van der Waals surface area contributed by atoms with E-state index in [1.54, 1.807) is 0 Å². The van der Waals surface area contributed by atoms with Crippen LogP contribution in [0.4, 0.5) is 0 Å². The quantitative estimate of drug-likeness (QED) is 0.604. The van der Waals surface area contributed by atoms with Gasteiger partial charge < -0.3 is 0 Å². The smallest absolute Gasteiger partial charge is 0.145 e.